The molecule has 0 radical (unpaired) electrons. The molecule has 0 aliphatic rings. The molecule has 0 fully saturated rings. The van der Waals surface area contributed by atoms with Crippen LogP contribution in [0.4, 0.5) is 0 Å². The molecule has 0 bridgehead atoms. The van der Waals surface area contributed by atoms with Crippen molar-refractivity contribution < 1.29 is 0 Å². The summed E-state index contributed by atoms with van der Waals surface area (Å²) in [5, 5.41) is 5.18. The fourth-order valence-corrected chi connectivity index (χ4v) is 8.78. The number of hydrogen-bond donors (Lipinski definition) is 0. The second kappa shape index (κ2) is 10.3. The van der Waals surface area contributed by atoms with Gasteiger partial charge in [0, 0.05) is 5.56 Å². The molecule has 0 saturated carbocycles. The van der Waals surface area contributed by atoms with Crippen LogP contribution in [0, 0.1) is 0 Å². The Kier molecular flexibility index (Phi) is 6.64. The molecule has 1 heteroatoms. The summed E-state index contributed by atoms with van der Waals surface area (Å²) in [5.41, 5.74) is 6.17. The van der Waals surface area contributed by atoms with Gasteiger partial charge < -0.3 is 0 Å². The van der Waals surface area contributed by atoms with Crippen LogP contribution >= 0.6 is 7.26 Å². The van der Waals surface area contributed by atoms with Gasteiger partial charge in [0.1, 0.15) is 15.9 Å². The lowest BCUT2D eigenvalue weighted by Crippen LogP contribution is -2.31. The van der Waals surface area contributed by atoms with E-state index in [1.165, 1.54) is 26.8 Å². The van der Waals surface area contributed by atoms with E-state index >= 15 is 0 Å². The van der Waals surface area contributed by atoms with E-state index in [1.54, 1.807) is 0 Å². The lowest BCUT2D eigenvalue weighted by molar-refractivity contribution is 1.64. The Hall–Kier alpha value is -3.95. The Balaban J connectivity index is 1.94. The Morgan fingerprint density at radius 2 is 0.794 bits per heavy atom. The molecule has 5 rings (SSSR count). The fraction of sp³-hybridized carbons (Fsp3) is 0. The molecule has 5 aromatic rings. The van der Waals surface area contributed by atoms with E-state index < -0.39 is 7.26 Å². The maximum Gasteiger partial charge on any atom is 0.158 e. The average molecular weight is 454 g/mol. The summed E-state index contributed by atoms with van der Waals surface area (Å²) in [6.07, 6.45) is 2.13. The zero-order valence-electron chi connectivity index (χ0n) is 19.0. The number of hydrogen-bond acceptors (Lipinski definition) is 0. The van der Waals surface area contributed by atoms with Crippen LogP contribution < -0.4 is 15.9 Å². The molecule has 0 amide bonds. The molecule has 0 spiro atoms. The van der Waals surface area contributed by atoms with Crippen LogP contribution in [0.1, 0.15) is 11.1 Å². The van der Waals surface area contributed by atoms with Gasteiger partial charge in [-0.1, -0.05) is 121 Å². The van der Waals surface area contributed by atoms with Gasteiger partial charge in [-0.15, -0.1) is 0 Å². The Bertz CT molecular complexity index is 1290. The van der Waals surface area contributed by atoms with Crippen LogP contribution in [0.5, 0.6) is 0 Å². The summed E-state index contributed by atoms with van der Waals surface area (Å²) in [4.78, 5) is 0. The summed E-state index contributed by atoms with van der Waals surface area (Å²) in [7, 11) is -2.25. The lowest BCUT2D eigenvalue weighted by atomic mass is 10.2. The zero-order chi connectivity index (χ0) is 23.1. The normalized spacial score (nSPS) is 10.8. The monoisotopic (exact) mass is 453 g/mol. The minimum absolute atomic E-state index is 1.14. The summed E-state index contributed by atoms with van der Waals surface area (Å²) in [5.74, 6) is 0. The third-order valence-electron chi connectivity index (χ3n) is 5.99. The van der Waals surface area contributed by atoms with Gasteiger partial charge in [-0.25, -0.2) is 0 Å². The van der Waals surface area contributed by atoms with Crippen molar-refractivity contribution in [1.29, 1.82) is 0 Å². The van der Waals surface area contributed by atoms with Crippen LogP contribution in [0.3, 0.4) is 0 Å². The van der Waals surface area contributed by atoms with Gasteiger partial charge in [-0.3, -0.25) is 0 Å². The largest absolute Gasteiger partial charge is 0.158 e. The first-order valence-electron chi connectivity index (χ1n) is 11.5. The highest BCUT2D eigenvalue weighted by atomic mass is 31.2. The quantitative estimate of drug-likeness (QED) is 0.186. The van der Waals surface area contributed by atoms with Gasteiger partial charge in [-0.2, -0.15) is 0 Å². The minimum Gasteiger partial charge on any atom is -0.0727 e. The Morgan fingerprint density at radius 3 is 1.21 bits per heavy atom. The molecule has 5 aromatic carbocycles. The molecule has 0 aliphatic carbocycles. The SMILES string of the molecule is C(=Cc1ccccc1)=C(c1ccccc1)[P+](c1ccccc1)(c1ccccc1)c1ccccc1. The predicted octanol–water partition coefficient (Wildman–Crippen LogP) is 7.33. The molecule has 0 nitrogen and oxygen atoms in total. The van der Waals surface area contributed by atoms with E-state index in [-0.39, 0.29) is 0 Å². The van der Waals surface area contributed by atoms with Crippen molar-refractivity contribution in [2.45, 2.75) is 0 Å². The standard InChI is InChI=1S/C33H26P/c1-6-16-28(17-7-1)26-27-33(29-18-8-2-9-19-29)34(30-20-10-3-11-21-30,31-22-12-4-13-23-31)32-24-14-5-15-25-32/h1-26H/q+1. The van der Waals surface area contributed by atoms with Gasteiger partial charge in [0.05, 0.1) is 0 Å². The molecule has 0 saturated heterocycles. The van der Waals surface area contributed by atoms with Crippen LogP contribution in [0.2, 0.25) is 0 Å². The molecule has 0 N–H and O–H groups in total. The van der Waals surface area contributed by atoms with E-state index in [0.29, 0.717) is 0 Å². The molecular weight excluding hydrogens is 427 g/mol. The van der Waals surface area contributed by atoms with Gasteiger partial charge >= 0.3 is 0 Å². The topological polar surface area (TPSA) is 0 Å². The van der Waals surface area contributed by atoms with Crippen LogP contribution in [0.15, 0.2) is 157 Å². The highest BCUT2D eigenvalue weighted by Gasteiger charge is 2.50. The highest BCUT2D eigenvalue weighted by Crippen LogP contribution is 2.65. The smallest absolute Gasteiger partial charge is 0.0727 e. The van der Waals surface area contributed by atoms with E-state index in [4.69, 9.17) is 0 Å². The van der Waals surface area contributed by atoms with Gasteiger partial charge in [-0.05, 0) is 48.0 Å². The first-order valence-corrected chi connectivity index (χ1v) is 13.3. The maximum atomic E-state index is 3.83. The predicted molar refractivity (Wildman–Crippen MR) is 149 cm³/mol. The Morgan fingerprint density at radius 1 is 0.441 bits per heavy atom. The molecule has 0 aliphatic heterocycles. The third-order valence-corrected chi connectivity index (χ3v) is 10.3. The van der Waals surface area contributed by atoms with Gasteiger partial charge in [0.25, 0.3) is 0 Å². The second-order valence-electron chi connectivity index (χ2n) is 8.09. The zero-order valence-corrected chi connectivity index (χ0v) is 19.9. The number of benzene rings is 5. The summed E-state index contributed by atoms with van der Waals surface area (Å²) < 4.78 is 0. The van der Waals surface area contributed by atoms with Gasteiger partial charge in [0.2, 0.25) is 0 Å². The average Bonchev–Trinajstić information content (AvgIpc) is 2.94. The van der Waals surface area contributed by atoms with E-state index in [1.807, 2.05) is 6.07 Å². The molecule has 34 heavy (non-hydrogen) atoms. The Labute approximate surface area is 202 Å². The maximum absolute atomic E-state index is 3.83. The molecule has 0 aromatic heterocycles. The fourth-order valence-electron chi connectivity index (χ4n) is 4.46. The van der Waals surface area contributed by atoms with Crippen molar-refractivity contribution in [1.82, 2.24) is 0 Å². The van der Waals surface area contributed by atoms with Crippen molar-refractivity contribution in [3.8, 4) is 0 Å². The van der Waals surface area contributed by atoms with Crippen molar-refractivity contribution >= 4 is 34.6 Å². The van der Waals surface area contributed by atoms with Crippen molar-refractivity contribution in [2.75, 3.05) is 0 Å². The first-order chi connectivity index (χ1) is 16.9. The molecule has 0 atom stereocenters. The van der Waals surface area contributed by atoms with E-state index in [2.05, 4.69) is 157 Å². The summed E-state index contributed by atoms with van der Waals surface area (Å²) in [6.45, 7) is 0. The molecule has 0 unspecified atom stereocenters. The van der Waals surface area contributed by atoms with Crippen molar-refractivity contribution in [3.05, 3.63) is 169 Å². The molecular formula is C33H26P+. The van der Waals surface area contributed by atoms with Crippen LogP contribution in [-0.2, 0) is 0 Å². The summed E-state index contributed by atoms with van der Waals surface area (Å²) >= 11 is 0. The third kappa shape index (κ3) is 4.30. The molecule has 162 valence electrons. The molecule has 0 heterocycles. The van der Waals surface area contributed by atoms with Crippen LogP contribution in [-0.4, -0.2) is 0 Å². The van der Waals surface area contributed by atoms with E-state index in [9.17, 15) is 0 Å². The van der Waals surface area contributed by atoms with Gasteiger partial charge in [0.15, 0.2) is 12.6 Å². The summed E-state index contributed by atoms with van der Waals surface area (Å²) in [6, 6.07) is 54.1. The van der Waals surface area contributed by atoms with Crippen molar-refractivity contribution in [2.24, 2.45) is 0 Å². The second-order valence-corrected chi connectivity index (χ2v) is 11.4. The first kappa shape index (κ1) is 21.9. The minimum atomic E-state index is -2.25. The number of rotatable bonds is 6. The van der Waals surface area contributed by atoms with E-state index in [0.717, 1.165) is 5.56 Å². The highest BCUT2D eigenvalue weighted by molar-refractivity contribution is 8.03. The van der Waals surface area contributed by atoms with Crippen LogP contribution in [0.25, 0.3) is 11.4 Å². The van der Waals surface area contributed by atoms with Crippen molar-refractivity contribution in [3.63, 3.8) is 0 Å². The lowest BCUT2D eigenvalue weighted by Gasteiger charge is -2.28.